The molecule has 20 heavy (non-hydrogen) atoms. The number of aromatic nitrogens is 2. The zero-order valence-electron chi connectivity index (χ0n) is 12.2. The van der Waals surface area contributed by atoms with Crippen molar-refractivity contribution in [2.75, 3.05) is 10.6 Å². The van der Waals surface area contributed by atoms with Crippen molar-refractivity contribution in [3.8, 4) is 0 Å². The van der Waals surface area contributed by atoms with E-state index in [1.165, 1.54) is 0 Å². The first-order chi connectivity index (χ1) is 9.32. The molecule has 0 saturated heterocycles. The lowest BCUT2D eigenvalue weighted by molar-refractivity contribution is 0.630. The molecule has 0 radical (unpaired) electrons. The van der Waals surface area contributed by atoms with Crippen LogP contribution >= 0.6 is 15.9 Å². The van der Waals surface area contributed by atoms with Gasteiger partial charge in [0, 0.05) is 27.5 Å². The number of hydrogen-bond donors (Lipinski definition) is 2. The van der Waals surface area contributed by atoms with Crippen LogP contribution in [0.5, 0.6) is 0 Å². The molecule has 4 nitrogen and oxygen atoms in total. The minimum Gasteiger partial charge on any atom is -0.365 e. The molecule has 0 amide bonds. The van der Waals surface area contributed by atoms with E-state index < -0.39 is 0 Å². The van der Waals surface area contributed by atoms with Gasteiger partial charge >= 0.3 is 0 Å². The zero-order valence-corrected chi connectivity index (χ0v) is 13.7. The van der Waals surface area contributed by atoms with Gasteiger partial charge in [-0.3, -0.25) is 0 Å². The Hall–Kier alpha value is -1.62. The van der Waals surface area contributed by atoms with Crippen LogP contribution in [0.3, 0.4) is 0 Å². The van der Waals surface area contributed by atoms with Gasteiger partial charge in [-0.1, -0.05) is 15.9 Å². The first-order valence-corrected chi connectivity index (χ1v) is 7.28. The molecule has 0 aliphatic rings. The van der Waals surface area contributed by atoms with E-state index in [0.29, 0.717) is 5.95 Å². The van der Waals surface area contributed by atoms with Gasteiger partial charge in [0.2, 0.25) is 5.95 Å². The summed E-state index contributed by atoms with van der Waals surface area (Å²) in [5, 5.41) is 6.57. The van der Waals surface area contributed by atoms with Gasteiger partial charge in [0.25, 0.3) is 0 Å². The van der Waals surface area contributed by atoms with Gasteiger partial charge in [-0.05, 0) is 52.0 Å². The van der Waals surface area contributed by atoms with Gasteiger partial charge in [0.1, 0.15) is 5.82 Å². The van der Waals surface area contributed by atoms with Crippen LogP contribution in [0, 0.1) is 6.92 Å². The number of aryl methyl sites for hydroxylation is 1. The Balaban J connectivity index is 2.21. The molecule has 0 fully saturated rings. The van der Waals surface area contributed by atoms with E-state index in [1.807, 2.05) is 37.3 Å². The molecule has 2 aromatic rings. The van der Waals surface area contributed by atoms with Crippen LogP contribution in [0.15, 0.2) is 34.8 Å². The smallest absolute Gasteiger partial charge is 0.229 e. The van der Waals surface area contributed by atoms with Gasteiger partial charge in [0.05, 0.1) is 0 Å². The van der Waals surface area contributed by atoms with Crippen LogP contribution in [0.2, 0.25) is 0 Å². The first kappa shape index (κ1) is 14.8. The predicted octanol–water partition coefficient (Wildman–Crippen LogP) is 4.50. The van der Waals surface area contributed by atoms with E-state index >= 15 is 0 Å². The highest BCUT2D eigenvalue weighted by Gasteiger charge is 2.11. The molecule has 1 aromatic carbocycles. The maximum absolute atomic E-state index is 4.49. The topological polar surface area (TPSA) is 49.8 Å². The number of nitrogens with zero attached hydrogens (tertiary/aromatic N) is 2. The number of anilines is 3. The number of halogens is 1. The second-order valence-electron chi connectivity index (χ2n) is 5.73. The van der Waals surface area contributed by atoms with Crippen LogP contribution < -0.4 is 10.6 Å². The van der Waals surface area contributed by atoms with Crippen molar-refractivity contribution in [1.29, 1.82) is 0 Å². The summed E-state index contributed by atoms with van der Waals surface area (Å²) in [5.74, 6) is 1.42. The Morgan fingerprint density at radius 3 is 2.30 bits per heavy atom. The summed E-state index contributed by atoms with van der Waals surface area (Å²) in [5.41, 5.74) is 1.85. The summed E-state index contributed by atoms with van der Waals surface area (Å²) in [6.45, 7) is 8.27. The zero-order chi connectivity index (χ0) is 14.8. The van der Waals surface area contributed by atoms with E-state index in [-0.39, 0.29) is 5.54 Å². The fraction of sp³-hybridized carbons (Fsp3) is 0.333. The second kappa shape index (κ2) is 5.79. The molecule has 0 unspecified atom stereocenters. The highest BCUT2D eigenvalue weighted by molar-refractivity contribution is 9.10. The third kappa shape index (κ3) is 4.49. The van der Waals surface area contributed by atoms with Gasteiger partial charge in [-0.15, -0.1) is 0 Å². The Kier molecular flexibility index (Phi) is 4.28. The quantitative estimate of drug-likeness (QED) is 0.867. The molecule has 0 aliphatic carbocycles. The Morgan fingerprint density at radius 2 is 1.70 bits per heavy atom. The molecule has 2 rings (SSSR count). The summed E-state index contributed by atoms with van der Waals surface area (Å²) in [6, 6.07) is 9.86. The monoisotopic (exact) mass is 334 g/mol. The third-order valence-electron chi connectivity index (χ3n) is 2.46. The Bertz CT molecular complexity index is 588. The number of benzene rings is 1. The van der Waals surface area contributed by atoms with Crippen LogP contribution in [-0.4, -0.2) is 15.5 Å². The van der Waals surface area contributed by atoms with E-state index in [0.717, 1.165) is 21.7 Å². The molecular weight excluding hydrogens is 316 g/mol. The summed E-state index contributed by atoms with van der Waals surface area (Å²) < 4.78 is 1.04. The number of nitrogens with one attached hydrogen (secondary N) is 2. The van der Waals surface area contributed by atoms with Crippen molar-refractivity contribution >= 4 is 33.4 Å². The molecule has 2 N–H and O–H groups in total. The van der Waals surface area contributed by atoms with Crippen molar-refractivity contribution in [2.24, 2.45) is 0 Å². The van der Waals surface area contributed by atoms with Crippen LogP contribution in [0.25, 0.3) is 0 Å². The molecule has 0 atom stereocenters. The maximum Gasteiger partial charge on any atom is 0.229 e. The van der Waals surface area contributed by atoms with Crippen molar-refractivity contribution in [1.82, 2.24) is 9.97 Å². The van der Waals surface area contributed by atoms with Crippen molar-refractivity contribution in [2.45, 2.75) is 33.2 Å². The van der Waals surface area contributed by atoms with Crippen LogP contribution in [0.1, 0.15) is 26.5 Å². The number of hydrogen-bond acceptors (Lipinski definition) is 4. The van der Waals surface area contributed by atoms with Gasteiger partial charge in [0.15, 0.2) is 0 Å². The molecule has 5 heteroatoms. The van der Waals surface area contributed by atoms with Crippen LogP contribution in [-0.2, 0) is 0 Å². The lowest BCUT2D eigenvalue weighted by Gasteiger charge is -2.21. The minimum atomic E-state index is -0.0321. The second-order valence-corrected chi connectivity index (χ2v) is 6.64. The third-order valence-corrected chi connectivity index (χ3v) is 2.99. The largest absolute Gasteiger partial charge is 0.365 e. The van der Waals surface area contributed by atoms with E-state index in [2.05, 4.69) is 57.3 Å². The van der Waals surface area contributed by atoms with Crippen LogP contribution in [0.4, 0.5) is 17.5 Å². The molecule has 1 aromatic heterocycles. The van der Waals surface area contributed by atoms with E-state index in [1.54, 1.807) is 0 Å². The highest BCUT2D eigenvalue weighted by Crippen LogP contribution is 2.19. The normalized spacial score (nSPS) is 11.2. The SMILES string of the molecule is Cc1cc(NC(C)(C)C)nc(Nc2ccc(Br)cc2)n1. The highest BCUT2D eigenvalue weighted by atomic mass is 79.9. The molecule has 0 bridgehead atoms. The first-order valence-electron chi connectivity index (χ1n) is 6.48. The molecule has 106 valence electrons. The molecule has 0 spiro atoms. The minimum absolute atomic E-state index is 0.0321. The van der Waals surface area contributed by atoms with Gasteiger partial charge in [-0.25, -0.2) is 4.98 Å². The van der Waals surface area contributed by atoms with Crippen molar-refractivity contribution in [3.05, 3.63) is 40.5 Å². The molecule has 1 heterocycles. The molecular formula is C15H19BrN4. The van der Waals surface area contributed by atoms with E-state index in [9.17, 15) is 0 Å². The number of rotatable bonds is 3. The van der Waals surface area contributed by atoms with E-state index in [4.69, 9.17) is 0 Å². The van der Waals surface area contributed by atoms with Gasteiger partial charge < -0.3 is 10.6 Å². The van der Waals surface area contributed by atoms with Crippen molar-refractivity contribution < 1.29 is 0 Å². The lowest BCUT2D eigenvalue weighted by Crippen LogP contribution is -2.27. The fourth-order valence-electron chi connectivity index (χ4n) is 1.74. The summed E-state index contributed by atoms with van der Waals surface area (Å²) >= 11 is 3.42. The Labute approximate surface area is 128 Å². The lowest BCUT2D eigenvalue weighted by atomic mass is 10.1. The summed E-state index contributed by atoms with van der Waals surface area (Å²) in [7, 11) is 0. The Morgan fingerprint density at radius 1 is 1.05 bits per heavy atom. The maximum atomic E-state index is 4.49. The summed E-state index contributed by atoms with van der Waals surface area (Å²) in [4.78, 5) is 8.90. The predicted molar refractivity (Wildman–Crippen MR) is 87.6 cm³/mol. The molecule has 0 aliphatic heterocycles. The van der Waals surface area contributed by atoms with Crippen molar-refractivity contribution in [3.63, 3.8) is 0 Å². The molecule has 0 saturated carbocycles. The fourth-order valence-corrected chi connectivity index (χ4v) is 2.00. The summed E-state index contributed by atoms with van der Waals surface area (Å²) in [6.07, 6.45) is 0. The average Bonchev–Trinajstić information content (AvgIpc) is 2.29. The standard InChI is InChI=1S/C15H19BrN4/c1-10-9-13(20-15(2,3)4)19-14(17-10)18-12-7-5-11(16)6-8-12/h5-9H,1-4H3,(H2,17,18,19,20). The average molecular weight is 335 g/mol. The van der Waals surface area contributed by atoms with Gasteiger partial charge in [-0.2, -0.15) is 4.98 Å².